The molecule has 0 aliphatic carbocycles. The number of nitrogens with one attached hydrogen (secondary N) is 1. The second kappa shape index (κ2) is 10.6. The van der Waals surface area contributed by atoms with Gasteiger partial charge in [-0.25, -0.2) is 9.79 Å². The van der Waals surface area contributed by atoms with Gasteiger partial charge in [0.1, 0.15) is 12.5 Å². The maximum Gasteiger partial charge on any atom is 0.341 e. The van der Waals surface area contributed by atoms with Crippen molar-refractivity contribution in [3.8, 4) is 0 Å². The molecular formula is C25H21Cl2N3O3. The van der Waals surface area contributed by atoms with Gasteiger partial charge in [0, 0.05) is 28.2 Å². The number of carbonyl (C=O) groups is 2. The fraction of sp³-hybridized carbons (Fsp3) is 0.200. The standard InChI is InChI=1S/C25H21Cl2N3O3/c26-19-5-1-3-16(13-19)7-8-21-22(24(31)33-15-17-4-2-6-20(27)14-17)23(30-25(32)29-21)18-9-11-28-12-10-18/h1-6,9-14,22-23H,7-8,15H2,(H,30,32). The van der Waals surface area contributed by atoms with Gasteiger partial charge in [-0.2, -0.15) is 0 Å². The number of hydrogen-bond donors (Lipinski definition) is 1. The molecule has 33 heavy (non-hydrogen) atoms. The van der Waals surface area contributed by atoms with Crippen LogP contribution in [-0.4, -0.2) is 22.7 Å². The number of aromatic nitrogens is 1. The molecule has 6 nitrogen and oxygen atoms in total. The number of rotatable bonds is 7. The first-order valence-corrected chi connectivity index (χ1v) is 11.2. The molecule has 1 aromatic heterocycles. The minimum absolute atomic E-state index is 0.0640. The number of pyridine rings is 1. The van der Waals surface area contributed by atoms with Gasteiger partial charge in [-0.15, -0.1) is 0 Å². The topological polar surface area (TPSA) is 80.7 Å². The van der Waals surface area contributed by atoms with Crippen LogP contribution in [0.5, 0.6) is 0 Å². The molecular weight excluding hydrogens is 461 g/mol. The highest BCUT2D eigenvalue weighted by Gasteiger charge is 2.39. The molecule has 2 unspecified atom stereocenters. The molecule has 0 spiro atoms. The van der Waals surface area contributed by atoms with Crippen molar-refractivity contribution in [1.29, 1.82) is 0 Å². The first-order valence-electron chi connectivity index (χ1n) is 10.4. The lowest BCUT2D eigenvalue weighted by Gasteiger charge is -2.31. The number of aryl methyl sites for hydroxylation is 1. The number of ether oxygens (including phenoxy) is 1. The Bertz CT molecular complexity index is 1180. The normalized spacial score (nSPS) is 17.8. The lowest BCUT2D eigenvalue weighted by molar-refractivity contribution is -0.148. The van der Waals surface area contributed by atoms with E-state index in [2.05, 4.69) is 15.3 Å². The van der Waals surface area contributed by atoms with Crippen LogP contribution < -0.4 is 5.32 Å². The number of aliphatic imine (C=N–C) groups is 1. The summed E-state index contributed by atoms with van der Waals surface area (Å²) < 4.78 is 5.64. The van der Waals surface area contributed by atoms with E-state index in [1.807, 2.05) is 24.3 Å². The third kappa shape index (κ3) is 5.97. The quantitative estimate of drug-likeness (QED) is 0.446. The molecule has 168 valence electrons. The van der Waals surface area contributed by atoms with Gasteiger partial charge in [-0.05, 0) is 65.9 Å². The van der Waals surface area contributed by atoms with Crippen LogP contribution in [0.3, 0.4) is 0 Å². The Balaban J connectivity index is 1.59. The van der Waals surface area contributed by atoms with Crippen LogP contribution in [0.1, 0.15) is 29.2 Å². The van der Waals surface area contributed by atoms with E-state index >= 15 is 0 Å². The molecule has 2 atom stereocenters. The molecule has 2 amide bonds. The van der Waals surface area contributed by atoms with E-state index in [1.165, 1.54) is 0 Å². The van der Waals surface area contributed by atoms with Crippen LogP contribution >= 0.6 is 23.2 Å². The fourth-order valence-corrected chi connectivity index (χ4v) is 4.23. The third-order valence-electron chi connectivity index (χ3n) is 5.36. The summed E-state index contributed by atoms with van der Waals surface area (Å²) in [4.78, 5) is 33.9. The second-order valence-electron chi connectivity index (χ2n) is 7.66. The molecule has 8 heteroatoms. The second-order valence-corrected chi connectivity index (χ2v) is 8.53. The summed E-state index contributed by atoms with van der Waals surface area (Å²) in [5.41, 5.74) is 2.98. The maximum atomic E-state index is 13.3. The van der Waals surface area contributed by atoms with Crippen molar-refractivity contribution in [2.75, 3.05) is 0 Å². The molecule has 2 aromatic carbocycles. The average Bonchev–Trinajstić information content (AvgIpc) is 2.81. The molecule has 1 N–H and O–H groups in total. The Hall–Kier alpha value is -3.22. The zero-order valence-corrected chi connectivity index (χ0v) is 19.1. The zero-order valence-electron chi connectivity index (χ0n) is 17.6. The molecule has 0 bridgehead atoms. The van der Waals surface area contributed by atoms with E-state index in [1.54, 1.807) is 48.8 Å². The van der Waals surface area contributed by atoms with Gasteiger partial charge < -0.3 is 10.1 Å². The summed E-state index contributed by atoms with van der Waals surface area (Å²) in [6, 6.07) is 17.0. The zero-order chi connectivity index (χ0) is 23.2. The first kappa shape index (κ1) is 23.0. The smallest absolute Gasteiger partial charge is 0.341 e. The van der Waals surface area contributed by atoms with Crippen molar-refractivity contribution in [1.82, 2.24) is 10.3 Å². The summed E-state index contributed by atoms with van der Waals surface area (Å²) in [5, 5.41) is 4.00. The van der Waals surface area contributed by atoms with E-state index in [0.717, 1.165) is 16.7 Å². The van der Waals surface area contributed by atoms with Gasteiger partial charge in [0.15, 0.2) is 0 Å². The Labute approximate surface area is 201 Å². The summed E-state index contributed by atoms with van der Waals surface area (Å²) >= 11 is 12.1. The van der Waals surface area contributed by atoms with Crippen molar-refractivity contribution in [3.63, 3.8) is 0 Å². The first-order chi connectivity index (χ1) is 16.0. The lowest BCUT2D eigenvalue weighted by Crippen LogP contribution is -2.45. The largest absolute Gasteiger partial charge is 0.460 e. The number of carbonyl (C=O) groups excluding carboxylic acids is 2. The SMILES string of the molecule is O=C1N=C(CCc2cccc(Cl)c2)C(C(=O)OCc2cccc(Cl)c2)C(c2ccncc2)N1. The summed E-state index contributed by atoms with van der Waals surface area (Å²) in [7, 11) is 0. The highest BCUT2D eigenvalue weighted by Crippen LogP contribution is 2.30. The Morgan fingerprint density at radius 3 is 2.30 bits per heavy atom. The molecule has 1 aliphatic heterocycles. The molecule has 3 aromatic rings. The van der Waals surface area contributed by atoms with Crippen molar-refractivity contribution in [2.24, 2.45) is 10.9 Å². The summed E-state index contributed by atoms with van der Waals surface area (Å²) in [6.07, 6.45) is 4.22. The van der Waals surface area contributed by atoms with E-state index in [9.17, 15) is 9.59 Å². The summed E-state index contributed by atoms with van der Waals surface area (Å²) in [6.45, 7) is 0.0640. The number of nitrogens with zero attached hydrogens (tertiary/aromatic N) is 2. The number of halogens is 2. The van der Waals surface area contributed by atoms with Crippen molar-refractivity contribution < 1.29 is 14.3 Å². The van der Waals surface area contributed by atoms with Crippen LogP contribution in [0.2, 0.25) is 10.0 Å². The Kier molecular flexibility index (Phi) is 7.37. The van der Waals surface area contributed by atoms with Gasteiger partial charge >= 0.3 is 12.0 Å². The number of benzene rings is 2. The Morgan fingerprint density at radius 1 is 0.939 bits per heavy atom. The number of hydrogen-bond acceptors (Lipinski definition) is 4. The van der Waals surface area contributed by atoms with Crippen molar-refractivity contribution in [2.45, 2.75) is 25.5 Å². The van der Waals surface area contributed by atoms with Crippen LogP contribution in [0.15, 0.2) is 78.0 Å². The monoisotopic (exact) mass is 481 g/mol. The van der Waals surface area contributed by atoms with Crippen LogP contribution in [0.25, 0.3) is 0 Å². The maximum absolute atomic E-state index is 13.3. The van der Waals surface area contributed by atoms with Crippen LogP contribution in [-0.2, 0) is 22.6 Å². The molecule has 4 rings (SSSR count). The van der Waals surface area contributed by atoms with E-state index in [-0.39, 0.29) is 6.61 Å². The van der Waals surface area contributed by atoms with Crippen LogP contribution in [0.4, 0.5) is 4.79 Å². The van der Waals surface area contributed by atoms with Gasteiger partial charge in [0.25, 0.3) is 0 Å². The molecule has 0 radical (unpaired) electrons. The van der Waals surface area contributed by atoms with E-state index in [0.29, 0.717) is 28.6 Å². The average molecular weight is 482 g/mol. The van der Waals surface area contributed by atoms with Crippen molar-refractivity contribution >= 4 is 40.9 Å². The van der Waals surface area contributed by atoms with Gasteiger partial charge in [-0.3, -0.25) is 9.78 Å². The van der Waals surface area contributed by atoms with E-state index < -0.39 is 24.0 Å². The third-order valence-corrected chi connectivity index (χ3v) is 5.83. The molecule has 1 aliphatic rings. The number of urea groups is 1. The minimum atomic E-state index is -0.775. The predicted octanol–water partition coefficient (Wildman–Crippen LogP) is 5.59. The predicted molar refractivity (Wildman–Crippen MR) is 127 cm³/mol. The van der Waals surface area contributed by atoms with Crippen molar-refractivity contribution in [3.05, 3.63) is 99.8 Å². The highest BCUT2D eigenvalue weighted by atomic mass is 35.5. The minimum Gasteiger partial charge on any atom is -0.460 e. The van der Waals surface area contributed by atoms with Gasteiger partial charge in [0.2, 0.25) is 0 Å². The number of amides is 2. The number of esters is 1. The Morgan fingerprint density at radius 2 is 1.61 bits per heavy atom. The molecule has 0 saturated heterocycles. The van der Waals surface area contributed by atoms with E-state index in [4.69, 9.17) is 27.9 Å². The lowest BCUT2D eigenvalue weighted by atomic mass is 9.85. The van der Waals surface area contributed by atoms with Gasteiger partial charge in [-0.1, -0.05) is 47.5 Å². The van der Waals surface area contributed by atoms with Gasteiger partial charge in [0.05, 0.1) is 6.04 Å². The molecule has 0 fully saturated rings. The summed E-state index contributed by atoms with van der Waals surface area (Å²) in [5.74, 6) is -1.25. The molecule has 0 saturated carbocycles. The van der Waals surface area contributed by atoms with Crippen LogP contribution in [0, 0.1) is 5.92 Å². The fourth-order valence-electron chi connectivity index (χ4n) is 3.81. The molecule has 2 heterocycles. The highest BCUT2D eigenvalue weighted by molar-refractivity contribution is 6.30.